The van der Waals surface area contributed by atoms with E-state index in [1.807, 2.05) is 0 Å². The number of anilines is 1. The highest BCUT2D eigenvalue weighted by Gasteiger charge is 2.49. The van der Waals surface area contributed by atoms with Crippen molar-refractivity contribution in [1.29, 1.82) is 0 Å². The van der Waals surface area contributed by atoms with Crippen LogP contribution in [-0.4, -0.2) is 42.3 Å². The molecule has 2 aliphatic heterocycles. The van der Waals surface area contributed by atoms with Crippen molar-refractivity contribution in [3.05, 3.63) is 28.2 Å². The van der Waals surface area contributed by atoms with Crippen molar-refractivity contribution in [2.24, 2.45) is 4.99 Å². The molecular weight excluding hydrogens is 379 g/mol. The number of benzene rings is 1. The Morgan fingerprint density at radius 2 is 1.96 bits per heavy atom. The summed E-state index contributed by atoms with van der Waals surface area (Å²) in [6.07, 6.45) is 0.293. The number of hydrogen-bond donors (Lipinski definition) is 0. The maximum atomic E-state index is 11.9. The molecule has 2 atom stereocenters. The van der Waals surface area contributed by atoms with Crippen molar-refractivity contribution in [3.8, 4) is 0 Å². The number of nitrogens with zero attached hydrogens (tertiary/aromatic N) is 2. The first-order valence-corrected chi connectivity index (χ1v) is 10.5. The number of halogens is 2. The van der Waals surface area contributed by atoms with Crippen molar-refractivity contribution in [1.82, 2.24) is 0 Å². The van der Waals surface area contributed by atoms with Crippen molar-refractivity contribution >= 4 is 61.6 Å². The van der Waals surface area contributed by atoms with E-state index in [1.54, 1.807) is 30.0 Å². The topological polar surface area (TPSA) is 66.8 Å². The average molecular weight is 393 g/mol. The first-order valence-electron chi connectivity index (χ1n) is 7.03. The van der Waals surface area contributed by atoms with Gasteiger partial charge in [-0.2, -0.15) is 4.99 Å². The van der Waals surface area contributed by atoms with E-state index in [9.17, 15) is 13.2 Å². The van der Waals surface area contributed by atoms with Gasteiger partial charge in [0.2, 0.25) is 5.91 Å². The minimum Gasteiger partial charge on any atom is -0.315 e. The van der Waals surface area contributed by atoms with Crippen LogP contribution >= 0.6 is 35.0 Å². The Morgan fingerprint density at radius 1 is 1.30 bits per heavy atom. The summed E-state index contributed by atoms with van der Waals surface area (Å²) in [4.78, 5) is 17.6. The molecule has 0 unspecified atom stereocenters. The fourth-order valence-corrected chi connectivity index (χ4v) is 7.18. The number of amidine groups is 1. The van der Waals surface area contributed by atoms with E-state index < -0.39 is 9.84 Å². The molecule has 1 aromatic carbocycles. The van der Waals surface area contributed by atoms with Gasteiger partial charge in [-0.25, -0.2) is 8.42 Å². The molecule has 1 aromatic rings. The van der Waals surface area contributed by atoms with Crippen LogP contribution in [0.3, 0.4) is 0 Å². The summed E-state index contributed by atoms with van der Waals surface area (Å²) in [7, 11) is -3.09. The zero-order valence-corrected chi connectivity index (χ0v) is 15.3. The normalized spacial score (nSPS) is 27.4. The Balaban J connectivity index is 2.06. The van der Waals surface area contributed by atoms with Gasteiger partial charge in [-0.1, -0.05) is 41.9 Å². The molecule has 1 amide bonds. The molecule has 2 saturated heterocycles. The smallest absolute Gasteiger partial charge is 0.247 e. The highest BCUT2D eigenvalue weighted by Crippen LogP contribution is 2.42. The van der Waals surface area contributed by atoms with E-state index in [2.05, 4.69) is 4.99 Å². The Morgan fingerprint density at radius 3 is 2.57 bits per heavy atom. The number of hydrogen-bond acceptors (Lipinski definition) is 4. The van der Waals surface area contributed by atoms with Crippen LogP contribution in [0.15, 0.2) is 23.2 Å². The molecular formula is C14H14Cl2N2O3S2. The van der Waals surface area contributed by atoms with Crippen LogP contribution in [0, 0.1) is 0 Å². The minimum atomic E-state index is -3.09. The molecule has 2 heterocycles. The molecule has 23 heavy (non-hydrogen) atoms. The maximum absolute atomic E-state index is 11.9. The highest BCUT2D eigenvalue weighted by atomic mass is 35.5. The molecule has 0 bridgehead atoms. The van der Waals surface area contributed by atoms with Gasteiger partial charge < -0.3 is 4.90 Å². The largest absolute Gasteiger partial charge is 0.315 e. The van der Waals surface area contributed by atoms with Gasteiger partial charge in [0.05, 0.1) is 17.5 Å². The van der Waals surface area contributed by atoms with Crippen molar-refractivity contribution < 1.29 is 13.2 Å². The average Bonchev–Trinajstić information content (AvgIpc) is 2.88. The molecule has 5 nitrogen and oxygen atoms in total. The molecule has 9 heteroatoms. The Bertz CT molecular complexity index is 775. The summed E-state index contributed by atoms with van der Waals surface area (Å²) >= 11 is 13.5. The summed E-state index contributed by atoms with van der Waals surface area (Å²) in [5.41, 5.74) is 0.655. The summed E-state index contributed by atoms with van der Waals surface area (Å²) < 4.78 is 23.9. The molecule has 0 aliphatic carbocycles. The SMILES string of the molecule is CCC(=O)N=C1S[C@H]2CS(=O)(=O)C[C@@H]2N1c1cc(Cl)cc(Cl)c1. The van der Waals surface area contributed by atoms with Gasteiger partial charge in [0, 0.05) is 27.4 Å². The fourth-order valence-electron chi connectivity index (χ4n) is 2.73. The van der Waals surface area contributed by atoms with Crippen molar-refractivity contribution in [2.45, 2.75) is 24.6 Å². The standard InChI is InChI=1S/C14H14Cl2N2O3S2/c1-2-13(19)17-14-18(10-4-8(15)3-9(16)5-10)11-6-23(20,21)7-12(11)22-14/h3-5,11-12H,2,6-7H2,1H3/t11-,12-/m0/s1. The summed E-state index contributed by atoms with van der Waals surface area (Å²) in [6, 6.07) is 4.75. The Hall–Kier alpha value is -0.760. The van der Waals surface area contributed by atoms with Gasteiger partial charge in [-0.15, -0.1) is 0 Å². The number of thioether (sulfide) groups is 1. The summed E-state index contributed by atoms with van der Waals surface area (Å²) in [6.45, 7) is 1.73. The zero-order chi connectivity index (χ0) is 16.8. The first-order chi connectivity index (χ1) is 10.8. The molecule has 0 saturated carbocycles. The van der Waals surface area contributed by atoms with Gasteiger partial charge in [0.1, 0.15) is 0 Å². The van der Waals surface area contributed by atoms with Crippen LogP contribution in [0.5, 0.6) is 0 Å². The number of amides is 1. The quantitative estimate of drug-likeness (QED) is 0.773. The molecule has 0 N–H and O–H groups in total. The van der Waals surface area contributed by atoms with E-state index in [-0.39, 0.29) is 28.7 Å². The number of fused-ring (bicyclic) bond motifs is 1. The van der Waals surface area contributed by atoms with Crippen LogP contribution < -0.4 is 4.90 Å². The number of sulfone groups is 1. The molecule has 0 radical (unpaired) electrons. The lowest BCUT2D eigenvalue weighted by atomic mass is 10.2. The molecule has 2 fully saturated rings. The van der Waals surface area contributed by atoms with Gasteiger partial charge in [0.25, 0.3) is 0 Å². The second kappa shape index (κ2) is 6.27. The second-order valence-electron chi connectivity index (χ2n) is 5.44. The number of rotatable bonds is 2. The molecule has 0 aromatic heterocycles. The zero-order valence-electron chi connectivity index (χ0n) is 12.2. The van der Waals surface area contributed by atoms with Gasteiger partial charge >= 0.3 is 0 Å². The lowest BCUT2D eigenvalue weighted by Gasteiger charge is -2.24. The monoisotopic (exact) mass is 392 g/mol. The van der Waals surface area contributed by atoms with Crippen LogP contribution in [0.2, 0.25) is 10.0 Å². The van der Waals surface area contributed by atoms with Crippen LogP contribution in [0.25, 0.3) is 0 Å². The van der Waals surface area contributed by atoms with Crippen LogP contribution in [-0.2, 0) is 14.6 Å². The van der Waals surface area contributed by atoms with E-state index >= 15 is 0 Å². The summed E-state index contributed by atoms with van der Waals surface area (Å²) in [5.74, 6) is -0.117. The third-order valence-electron chi connectivity index (χ3n) is 3.71. The van der Waals surface area contributed by atoms with Crippen molar-refractivity contribution in [2.75, 3.05) is 16.4 Å². The van der Waals surface area contributed by atoms with E-state index in [4.69, 9.17) is 23.2 Å². The first kappa shape index (κ1) is 17.1. The highest BCUT2D eigenvalue weighted by molar-refractivity contribution is 8.16. The predicted molar refractivity (Wildman–Crippen MR) is 95.5 cm³/mol. The molecule has 2 aliphatic rings. The lowest BCUT2D eigenvalue weighted by Crippen LogP contribution is -2.37. The van der Waals surface area contributed by atoms with E-state index in [0.717, 1.165) is 0 Å². The third-order valence-corrected chi connectivity index (χ3v) is 7.36. The Labute approximate surface area is 149 Å². The van der Waals surface area contributed by atoms with Crippen molar-refractivity contribution in [3.63, 3.8) is 0 Å². The lowest BCUT2D eigenvalue weighted by molar-refractivity contribution is -0.117. The fraction of sp³-hybridized carbons (Fsp3) is 0.429. The number of carbonyl (C=O) groups excluding carboxylic acids is 1. The van der Waals surface area contributed by atoms with E-state index in [0.29, 0.717) is 27.3 Å². The maximum Gasteiger partial charge on any atom is 0.247 e. The minimum absolute atomic E-state index is 0.0358. The van der Waals surface area contributed by atoms with Crippen LogP contribution in [0.4, 0.5) is 5.69 Å². The van der Waals surface area contributed by atoms with Gasteiger partial charge in [0.15, 0.2) is 15.0 Å². The summed E-state index contributed by atoms with van der Waals surface area (Å²) in [5, 5.41) is 1.27. The van der Waals surface area contributed by atoms with Gasteiger partial charge in [-0.3, -0.25) is 4.79 Å². The van der Waals surface area contributed by atoms with Gasteiger partial charge in [-0.05, 0) is 18.2 Å². The second-order valence-corrected chi connectivity index (χ2v) is 9.67. The Kier molecular flexibility index (Phi) is 4.66. The number of carbonyl (C=O) groups is 1. The predicted octanol–water partition coefficient (Wildman–Crippen LogP) is 3.00. The number of aliphatic imine (C=N–C) groups is 1. The molecule has 3 rings (SSSR count). The van der Waals surface area contributed by atoms with Crippen LogP contribution in [0.1, 0.15) is 13.3 Å². The van der Waals surface area contributed by atoms with E-state index in [1.165, 1.54) is 11.8 Å². The molecule has 0 spiro atoms. The molecule has 124 valence electrons. The third kappa shape index (κ3) is 3.52.